The lowest BCUT2D eigenvalue weighted by Gasteiger charge is -2.12. The van der Waals surface area contributed by atoms with E-state index in [1.807, 2.05) is 67.6 Å². The molecule has 2 aromatic heterocycles. The molecule has 0 spiro atoms. The molecular formula is C30H35N5O3. The van der Waals surface area contributed by atoms with Crippen LogP contribution in [0.2, 0.25) is 0 Å². The topological polar surface area (TPSA) is 113 Å². The summed E-state index contributed by atoms with van der Waals surface area (Å²) in [6, 6.07) is 19.7. The number of hydrogen-bond acceptors (Lipinski definition) is 6. The van der Waals surface area contributed by atoms with E-state index in [1.54, 1.807) is 6.20 Å². The fourth-order valence-electron chi connectivity index (χ4n) is 4.22. The van der Waals surface area contributed by atoms with Crippen molar-refractivity contribution in [2.75, 3.05) is 18.5 Å². The van der Waals surface area contributed by atoms with E-state index in [-0.39, 0.29) is 12.4 Å². The van der Waals surface area contributed by atoms with Crippen LogP contribution in [0.15, 0.2) is 66.9 Å². The molecule has 0 saturated carbocycles. The first-order chi connectivity index (χ1) is 18.6. The molecule has 0 aliphatic heterocycles. The number of aliphatic hydroxyl groups is 1. The van der Waals surface area contributed by atoms with Gasteiger partial charge in [-0.3, -0.25) is 9.89 Å². The fraction of sp³-hybridized carbons (Fsp3) is 0.333. The van der Waals surface area contributed by atoms with Gasteiger partial charge in [-0.05, 0) is 66.3 Å². The number of amides is 1. The number of unbranched alkanes of at least 4 members (excludes halogenated alkanes) is 5. The number of aromatic nitrogens is 4. The molecule has 0 bridgehead atoms. The van der Waals surface area contributed by atoms with Crippen molar-refractivity contribution in [3.8, 4) is 16.9 Å². The second-order valence-corrected chi connectivity index (χ2v) is 9.32. The number of rotatable bonds is 14. The quantitative estimate of drug-likeness (QED) is 0.186. The third kappa shape index (κ3) is 7.98. The van der Waals surface area contributed by atoms with Gasteiger partial charge in [-0.25, -0.2) is 9.97 Å². The van der Waals surface area contributed by atoms with E-state index in [0.717, 1.165) is 66.5 Å². The molecular weight excluding hydrogens is 478 g/mol. The zero-order valence-electron chi connectivity index (χ0n) is 21.8. The number of carbonyl (C=O) groups excluding carboxylic acids is 1. The number of nitrogens with one attached hydrogen (secondary N) is 2. The summed E-state index contributed by atoms with van der Waals surface area (Å²) in [4.78, 5) is 21.4. The van der Waals surface area contributed by atoms with Crippen LogP contribution in [-0.4, -0.2) is 44.4 Å². The zero-order valence-corrected chi connectivity index (χ0v) is 21.8. The summed E-state index contributed by atoms with van der Waals surface area (Å²) in [7, 11) is 0. The largest absolute Gasteiger partial charge is 0.494 e. The highest BCUT2D eigenvalue weighted by Crippen LogP contribution is 2.29. The van der Waals surface area contributed by atoms with Crippen molar-refractivity contribution in [1.29, 1.82) is 0 Å². The Morgan fingerprint density at radius 1 is 0.974 bits per heavy atom. The molecule has 198 valence electrons. The van der Waals surface area contributed by atoms with E-state index >= 15 is 0 Å². The molecule has 2 aromatic carbocycles. The lowest BCUT2D eigenvalue weighted by molar-refractivity contribution is 0.101. The minimum absolute atomic E-state index is 0.0723. The maximum absolute atomic E-state index is 12.8. The highest BCUT2D eigenvalue weighted by atomic mass is 16.5. The Morgan fingerprint density at radius 3 is 2.58 bits per heavy atom. The van der Waals surface area contributed by atoms with Crippen molar-refractivity contribution < 1.29 is 14.6 Å². The smallest absolute Gasteiger partial charge is 0.296 e. The van der Waals surface area contributed by atoms with Crippen LogP contribution in [0.4, 0.5) is 5.82 Å². The van der Waals surface area contributed by atoms with Crippen LogP contribution in [0, 0.1) is 6.92 Å². The third-order valence-electron chi connectivity index (χ3n) is 6.29. The van der Waals surface area contributed by atoms with Gasteiger partial charge in [0.05, 0.1) is 6.61 Å². The Labute approximate surface area is 223 Å². The van der Waals surface area contributed by atoms with Crippen LogP contribution in [0.5, 0.6) is 5.75 Å². The van der Waals surface area contributed by atoms with Gasteiger partial charge in [-0.2, -0.15) is 0 Å². The number of H-pyrrole nitrogens is 1. The second kappa shape index (κ2) is 14.0. The number of nitrogens with zero attached hydrogens (tertiary/aromatic N) is 3. The predicted molar refractivity (Wildman–Crippen MR) is 148 cm³/mol. The first-order valence-corrected chi connectivity index (χ1v) is 13.2. The average Bonchev–Trinajstić information content (AvgIpc) is 3.40. The van der Waals surface area contributed by atoms with Crippen molar-refractivity contribution in [3.05, 3.63) is 89.6 Å². The van der Waals surface area contributed by atoms with Gasteiger partial charge >= 0.3 is 0 Å². The SMILES string of the molecule is Cc1ccc(OCCCCCCCCO)cc1-c1ccnc(NC(=O)c2n[nH]c(Cc3ccccc3)n2)c1. The number of carbonyl (C=O) groups is 1. The number of aromatic amines is 1. The Bertz CT molecular complexity index is 1310. The first-order valence-electron chi connectivity index (χ1n) is 13.2. The Balaban J connectivity index is 1.34. The van der Waals surface area contributed by atoms with E-state index in [0.29, 0.717) is 24.7 Å². The van der Waals surface area contributed by atoms with Crippen LogP contribution in [0.1, 0.15) is 66.1 Å². The van der Waals surface area contributed by atoms with Crippen LogP contribution in [-0.2, 0) is 6.42 Å². The average molecular weight is 514 g/mol. The van der Waals surface area contributed by atoms with Crippen LogP contribution >= 0.6 is 0 Å². The maximum atomic E-state index is 12.8. The zero-order chi connectivity index (χ0) is 26.6. The van der Waals surface area contributed by atoms with Gasteiger partial charge in [0.15, 0.2) is 0 Å². The van der Waals surface area contributed by atoms with Crippen molar-refractivity contribution in [3.63, 3.8) is 0 Å². The number of anilines is 1. The van der Waals surface area contributed by atoms with Crippen LogP contribution < -0.4 is 10.1 Å². The van der Waals surface area contributed by atoms with E-state index in [2.05, 4.69) is 25.5 Å². The molecule has 3 N–H and O–H groups in total. The minimum atomic E-state index is -0.421. The predicted octanol–water partition coefficient (Wildman–Crippen LogP) is 5.73. The fourth-order valence-corrected chi connectivity index (χ4v) is 4.22. The molecule has 0 fully saturated rings. The highest BCUT2D eigenvalue weighted by Gasteiger charge is 2.14. The van der Waals surface area contributed by atoms with Gasteiger partial charge in [0, 0.05) is 19.2 Å². The maximum Gasteiger partial charge on any atom is 0.296 e. The molecule has 0 atom stereocenters. The number of hydrogen-bond donors (Lipinski definition) is 3. The molecule has 0 aliphatic carbocycles. The summed E-state index contributed by atoms with van der Waals surface area (Å²) in [5.41, 5.74) is 4.14. The molecule has 8 nitrogen and oxygen atoms in total. The van der Waals surface area contributed by atoms with Crippen molar-refractivity contribution in [1.82, 2.24) is 20.2 Å². The standard InChI is InChI=1S/C30H35N5O3/c1-22-13-14-25(38-18-10-5-3-2-4-9-17-36)21-26(22)24-15-16-31-27(20-24)33-30(37)29-32-28(34-35-29)19-23-11-7-6-8-12-23/h6-8,11-16,20-21,36H,2-5,9-10,17-19H2,1H3,(H,31,33,37)(H,32,34,35). The van der Waals surface area contributed by atoms with Crippen LogP contribution in [0.3, 0.4) is 0 Å². The number of aryl methyl sites for hydroxylation is 1. The molecule has 2 heterocycles. The Morgan fingerprint density at radius 2 is 1.76 bits per heavy atom. The lowest BCUT2D eigenvalue weighted by atomic mass is 10.0. The molecule has 0 radical (unpaired) electrons. The normalized spacial score (nSPS) is 10.9. The molecule has 0 unspecified atom stereocenters. The van der Waals surface area contributed by atoms with Crippen molar-refractivity contribution in [2.24, 2.45) is 0 Å². The highest BCUT2D eigenvalue weighted by molar-refractivity contribution is 6.01. The summed E-state index contributed by atoms with van der Waals surface area (Å²) < 4.78 is 6.00. The third-order valence-corrected chi connectivity index (χ3v) is 6.29. The van der Waals surface area contributed by atoms with Gasteiger partial charge in [0.1, 0.15) is 17.4 Å². The molecule has 8 heteroatoms. The molecule has 0 aliphatic rings. The molecule has 4 aromatic rings. The number of ether oxygens (including phenoxy) is 1. The molecule has 0 saturated heterocycles. The summed E-state index contributed by atoms with van der Waals surface area (Å²) in [6.07, 6.45) is 8.65. The van der Waals surface area contributed by atoms with Crippen LogP contribution in [0.25, 0.3) is 11.1 Å². The summed E-state index contributed by atoms with van der Waals surface area (Å²) in [6.45, 7) is 3.00. The summed E-state index contributed by atoms with van der Waals surface area (Å²) >= 11 is 0. The monoisotopic (exact) mass is 513 g/mol. The number of pyridine rings is 1. The molecule has 1 amide bonds. The first kappa shape index (κ1) is 27.0. The van der Waals surface area contributed by atoms with Gasteiger partial charge in [-0.15, -0.1) is 5.10 Å². The van der Waals surface area contributed by atoms with E-state index in [1.165, 1.54) is 0 Å². The van der Waals surface area contributed by atoms with Gasteiger partial charge in [0.2, 0.25) is 5.82 Å². The number of aliphatic hydroxyl groups excluding tert-OH is 1. The van der Waals surface area contributed by atoms with Crippen molar-refractivity contribution in [2.45, 2.75) is 51.9 Å². The number of benzene rings is 2. The van der Waals surface area contributed by atoms with Crippen molar-refractivity contribution >= 4 is 11.7 Å². The molecule has 4 rings (SSSR count). The van der Waals surface area contributed by atoms with Gasteiger partial charge < -0.3 is 15.2 Å². The van der Waals surface area contributed by atoms with E-state index in [4.69, 9.17) is 9.84 Å². The molecule has 38 heavy (non-hydrogen) atoms. The lowest BCUT2D eigenvalue weighted by Crippen LogP contribution is -2.14. The van der Waals surface area contributed by atoms with Gasteiger partial charge in [-0.1, -0.05) is 62.1 Å². The van der Waals surface area contributed by atoms with E-state index in [9.17, 15) is 4.79 Å². The Hall–Kier alpha value is -4.04. The second-order valence-electron chi connectivity index (χ2n) is 9.32. The van der Waals surface area contributed by atoms with Gasteiger partial charge in [0.25, 0.3) is 5.91 Å². The summed E-state index contributed by atoms with van der Waals surface area (Å²) in [5, 5.41) is 18.6. The minimum Gasteiger partial charge on any atom is -0.494 e. The van der Waals surface area contributed by atoms with E-state index < -0.39 is 5.91 Å². The summed E-state index contributed by atoms with van der Waals surface area (Å²) in [5.74, 6) is 1.52. The Kier molecular flexibility index (Phi) is 9.98.